The second kappa shape index (κ2) is 12.0. The Morgan fingerprint density at radius 2 is 1.80 bits per heavy atom. The maximum Gasteiger partial charge on any atom is 0.416 e. The van der Waals surface area contributed by atoms with Crippen LogP contribution in [0.15, 0.2) is 47.7 Å². The van der Waals surface area contributed by atoms with Crippen LogP contribution in [0, 0.1) is 6.92 Å². The molecule has 1 aromatic heterocycles. The summed E-state index contributed by atoms with van der Waals surface area (Å²) in [4.78, 5) is 34.6. The zero-order chi connectivity index (χ0) is 31.0. The molecule has 2 aromatic rings. The molecular weight excluding hydrogens is 571 g/mol. The first kappa shape index (κ1) is 29.7. The molecule has 1 fully saturated rings. The number of hydrogen-bond donors (Lipinski definition) is 2. The van der Waals surface area contributed by atoms with Crippen molar-refractivity contribution < 1.29 is 18.0 Å². The number of rotatable bonds is 6. The van der Waals surface area contributed by atoms with Crippen LogP contribution >= 0.6 is 0 Å². The molecule has 4 aliphatic heterocycles. The molecule has 2 N–H and O–H groups in total. The van der Waals surface area contributed by atoms with Crippen molar-refractivity contribution in [1.82, 2.24) is 29.3 Å². The van der Waals surface area contributed by atoms with Crippen LogP contribution in [-0.2, 0) is 19.3 Å². The molecule has 230 valence electrons. The van der Waals surface area contributed by atoms with Gasteiger partial charge in [0.2, 0.25) is 5.62 Å². The Bertz CT molecular complexity index is 1740. The highest BCUT2D eigenvalue weighted by atomic mass is 19.4. The van der Waals surface area contributed by atoms with E-state index in [0.29, 0.717) is 30.9 Å². The third-order valence-corrected chi connectivity index (χ3v) is 8.31. The van der Waals surface area contributed by atoms with Crippen molar-refractivity contribution in [2.75, 3.05) is 56.9 Å². The zero-order valence-electron chi connectivity index (χ0n) is 24.9. The number of hydrogen-bond acceptors (Lipinski definition) is 8. The lowest BCUT2D eigenvalue weighted by Crippen LogP contribution is -2.45. The van der Waals surface area contributed by atoms with Gasteiger partial charge in [-0.15, -0.1) is 0 Å². The largest absolute Gasteiger partial charge is 0.416 e. The molecule has 10 nitrogen and oxygen atoms in total. The number of alkyl halides is 3. The van der Waals surface area contributed by atoms with Crippen LogP contribution in [0.4, 0.5) is 24.7 Å². The number of amides is 1. The summed E-state index contributed by atoms with van der Waals surface area (Å²) >= 11 is 0. The molecule has 13 heteroatoms. The van der Waals surface area contributed by atoms with E-state index in [9.17, 15) is 18.0 Å². The number of nitrogens with zero attached hydrogens (tertiary/aromatic N) is 7. The van der Waals surface area contributed by atoms with Crippen LogP contribution in [0.1, 0.15) is 34.1 Å². The number of nitrogens with one attached hydrogen (secondary N) is 2. The monoisotopic (exact) mass is 605 g/mol. The highest BCUT2D eigenvalue weighted by Crippen LogP contribution is 2.39. The summed E-state index contributed by atoms with van der Waals surface area (Å²) in [6, 6.07) is 8.26. The minimum atomic E-state index is -4.62. The van der Waals surface area contributed by atoms with Crippen molar-refractivity contribution in [2.45, 2.75) is 33.1 Å². The second-order valence-electron chi connectivity index (χ2n) is 11.1. The van der Waals surface area contributed by atoms with Crippen molar-refractivity contribution in [3.8, 4) is 22.5 Å². The number of fused-ring (bicyclic) bond motifs is 3. The van der Waals surface area contributed by atoms with Gasteiger partial charge in [-0.2, -0.15) is 18.2 Å². The zero-order valence-corrected chi connectivity index (χ0v) is 24.9. The van der Waals surface area contributed by atoms with Crippen LogP contribution in [0.3, 0.4) is 0 Å². The quantitative estimate of drug-likeness (QED) is 0.341. The minimum absolute atomic E-state index is 0.0653. The summed E-state index contributed by atoms with van der Waals surface area (Å²) in [5.74, 6) is 0.937. The molecule has 0 saturated carbocycles. The fourth-order valence-corrected chi connectivity index (χ4v) is 5.86. The van der Waals surface area contributed by atoms with Crippen LogP contribution in [0.25, 0.3) is 22.5 Å². The predicted molar refractivity (Wildman–Crippen MR) is 161 cm³/mol. The molecule has 0 spiro atoms. The minimum Gasteiger partial charge on any atom is -0.369 e. The van der Waals surface area contributed by atoms with E-state index in [1.807, 2.05) is 30.0 Å². The highest BCUT2D eigenvalue weighted by Gasteiger charge is 2.35. The van der Waals surface area contributed by atoms with Crippen molar-refractivity contribution >= 4 is 17.4 Å². The van der Waals surface area contributed by atoms with Gasteiger partial charge in [0.25, 0.3) is 5.91 Å². The maximum absolute atomic E-state index is 14.1. The Kier molecular flexibility index (Phi) is 8.08. The number of piperazine rings is 1. The van der Waals surface area contributed by atoms with Gasteiger partial charge in [0, 0.05) is 82.1 Å². The van der Waals surface area contributed by atoms with Crippen LogP contribution < -0.4 is 16.3 Å². The van der Waals surface area contributed by atoms with Gasteiger partial charge in [-0.3, -0.25) is 19.7 Å². The summed E-state index contributed by atoms with van der Waals surface area (Å²) in [7, 11) is 1.64. The van der Waals surface area contributed by atoms with Gasteiger partial charge >= 0.3 is 6.18 Å². The smallest absolute Gasteiger partial charge is 0.369 e. The van der Waals surface area contributed by atoms with E-state index in [4.69, 9.17) is 0 Å². The first-order chi connectivity index (χ1) is 21.1. The summed E-state index contributed by atoms with van der Waals surface area (Å²) in [6.45, 7) is 9.50. The fourth-order valence-electron chi connectivity index (χ4n) is 5.86. The number of pyridine rings is 2. The first-order valence-electron chi connectivity index (χ1n) is 14.6. The van der Waals surface area contributed by atoms with E-state index < -0.39 is 17.6 Å². The van der Waals surface area contributed by atoms with Crippen molar-refractivity contribution in [2.24, 2.45) is 4.99 Å². The number of benzene rings is 1. The van der Waals surface area contributed by atoms with E-state index in [1.165, 1.54) is 6.20 Å². The van der Waals surface area contributed by atoms with Gasteiger partial charge in [-0.25, -0.2) is 4.98 Å². The number of anilines is 2. The Labute approximate surface area is 253 Å². The number of halogens is 3. The van der Waals surface area contributed by atoms with Crippen LogP contribution in [-0.4, -0.2) is 81.5 Å². The van der Waals surface area contributed by atoms with E-state index in [2.05, 4.69) is 47.0 Å². The van der Waals surface area contributed by atoms with E-state index in [1.54, 1.807) is 19.3 Å². The number of likely N-dealkylation sites (N-methyl/N-ethyl adjacent to an activating group) is 1. The normalized spacial score (nSPS) is 16.3. The van der Waals surface area contributed by atoms with Gasteiger partial charge in [0.05, 0.1) is 5.56 Å². The second-order valence-corrected chi connectivity index (χ2v) is 11.1. The molecular formula is C31H34F3N9O. The van der Waals surface area contributed by atoms with Gasteiger partial charge < -0.3 is 20.1 Å². The Morgan fingerprint density at radius 3 is 2.52 bits per heavy atom. The molecule has 1 aromatic carbocycles. The third-order valence-electron chi connectivity index (χ3n) is 8.31. The number of carbonyl (C=O) groups is 1. The molecule has 0 radical (unpaired) electrons. The maximum atomic E-state index is 14.1. The topological polar surface area (TPSA) is 104 Å². The lowest BCUT2D eigenvalue weighted by Gasteiger charge is -2.34. The van der Waals surface area contributed by atoms with Gasteiger partial charge in [0.15, 0.2) is 0 Å². The van der Waals surface area contributed by atoms with E-state index in [0.717, 1.165) is 66.1 Å². The summed E-state index contributed by atoms with van der Waals surface area (Å²) < 4.78 is 44.5. The standard InChI is InChI=1S/C31H34F3N9O/c1-4-41-9-11-42(12-10-41)18-21-17-37-26(15-25(21)31(32,33)34)29(44)39-22-6-5-19(2)23(14-22)24-13-20-16-38-30(35-3)40-27(20)43-8-7-36-28(24)43/h5-6,13-17,36H,4,7-12,18H2,1-3H3,(H,39,44). The third kappa shape index (κ3) is 5.89. The van der Waals surface area contributed by atoms with Gasteiger partial charge in [0.1, 0.15) is 17.3 Å². The molecule has 0 aliphatic carbocycles. The van der Waals surface area contributed by atoms with Gasteiger partial charge in [-0.1, -0.05) is 13.0 Å². The van der Waals surface area contributed by atoms with Gasteiger partial charge in [-0.05, 0) is 54.4 Å². The number of carbonyl (C=O) groups excluding carboxylic acids is 1. The highest BCUT2D eigenvalue weighted by molar-refractivity contribution is 6.03. The molecule has 0 bridgehead atoms. The summed E-state index contributed by atoms with van der Waals surface area (Å²) in [5.41, 5.74) is 3.33. The lowest BCUT2D eigenvalue weighted by molar-refractivity contribution is -0.138. The fraction of sp³-hybridized carbons (Fsp3) is 0.387. The Balaban J connectivity index is 1.28. The van der Waals surface area contributed by atoms with Crippen LogP contribution in [0.5, 0.6) is 0 Å². The average molecular weight is 606 g/mol. The van der Waals surface area contributed by atoms with E-state index >= 15 is 0 Å². The molecule has 1 amide bonds. The molecule has 4 aliphatic rings. The van der Waals surface area contributed by atoms with Crippen molar-refractivity contribution in [3.63, 3.8) is 0 Å². The number of aryl methyl sites for hydroxylation is 1. The molecule has 44 heavy (non-hydrogen) atoms. The molecule has 5 heterocycles. The SMILES string of the molecule is CCN1CCN(Cc2cnc(C(=O)Nc3ccc(C)c(-c4cc5cnc(=NC)nc-5n5c4NCC5)c3)cc2C(F)(F)F)CC1. The summed E-state index contributed by atoms with van der Waals surface area (Å²) in [6.07, 6.45) is -1.70. The molecule has 0 unspecified atom stereocenters. The van der Waals surface area contributed by atoms with Crippen LogP contribution in [0.2, 0.25) is 0 Å². The number of aromatic nitrogens is 4. The Hall–Kier alpha value is -4.36. The van der Waals surface area contributed by atoms with Crippen molar-refractivity contribution in [1.29, 1.82) is 0 Å². The predicted octanol–water partition coefficient (Wildman–Crippen LogP) is 4.12. The summed E-state index contributed by atoms with van der Waals surface area (Å²) in [5, 5.41) is 6.19. The first-order valence-corrected chi connectivity index (χ1v) is 14.6. The lowest BCUT2D eigenvalue weighted by atomic mass is 9.98. The van der Waals surface area contributed by atoms with E-state index in [-0.39, 0.29) is 17.8 Å². The van der Waals surface area contributed by atoms with Crippen molar-refractivity contribution in [3.05, 3.63) is 70.7 Å². The molecule has 1 saturated heterocycles. The molecule has 6 rings (SSSR count). The average Bonchev–Trinajstić information content (AvgIpc) is 3.52. The Morgan fingerprint density at radius 1 is 1.02 bits per heavy atom. The molecule has 0 atom stereocenters.